The first kappa shape index (κ1) is 22.0. The van der Waals surface area contributed by atoms with Crippen LogP contribution in [0.15, 0.2) is 54.6 Å². The summed E-state index contributed by atoms with van der Waals surface area (Å²) in [6, 6.07) is 11.5. The Balaban J connectivity index is 2.60. The van der Waals surface area contributed by atoms with Gasteiger partial charge >= 0.3 is 0 Å². The quantitative estimate of drug-likeness (QED) is 0.311. The first-order chi connectivity index (χ1) is 13.5. The minimum atomic E-state index is -5.04. The summed E-state index contributed by atoms with van der Waals surface area (Å²) in [5.74, 6) is -0.680. The molecule has 0 saturated heterocycles. The summed E-state index contributed by atoms with van der Waals surface area (Å²) in [6.07, 6.45) is 0. The monoisotopic (exact) mass is 492 g/mol. The zero-order chi connectivity index (χ0) is 21.6. The van der Waals surface area contributed by atoms with Crippen LogP contribution in [0.5, 0.6) is 11.5 Å². The van der Waals surface area contributed by atoms with Gasteiger partial charge in [0.05, 0.1) is 15.1 Å². The normalized spacial score (nSPS) is 13.8. The summed E-state index contributed by atoms with van der Waals surface area (Å²) in [5, 5.41) is 19.5. The zero-order valence-electron chi connectivity index (χ0n) is 14.3. The van der Waals surface area contributed by atoms with E-state index in [0.717, 1.165) is 12.1 Å². The van der Waals surface area contributed by atoms with Gasteiger partial charge in [-0.1, -0.05) is 64.6 Å². The molecule has 0 aliphatic heterocycles. The van der Waals surface area contributed by atoms with Crippen molar-refractivity contribution in [3.63, 3.8) is 0 Å². The van der Waals surface area contributed by atoms with Crippen LogP contribution in [-0.4, -0.2) is 23.2 Å². The van der Waals surface area contributed by atoms with Crippen molar-refractivity contribution in [1.29, 1.82) is 0 Å². The van der Waals surface area contributed by atoms with Crippen LogP contribution in [0, 0.1) is 0 Å². The van der Waals surface area contributed by atoms with Crippen molar-refractivity contribution in [2.24, 2.45) is 0 Å². The van der Waals surface area contributed by atoms with Crippen molar-refractivity contribution in [2.75, 3.05) is 0 Å². The number of hydrogen-bond acceptors (Lipinski definition) is 4. The molecular weight excluding hydrogens is 482 g/mol. The molecule has 10 heteroatoms. The van der Waals surface area contributed by atoms with Crippen molar-refractivity contribution < 1.29 is 23.2 Å². The molecule has 3 rings (SSSR count). The van der Waals surface area contributed by atoms with E-state index in [-0.39, 0.29) is 48.3 Å². The summed E-state index contributed by atoms with van der Waals surface area (Å²) in [7, 11) is -5.04. The topological polar surface area (TPSA) is 94.8 Å². The Labute approximate surface area is 186 Å². The molecule has 0 spiro atoms. The molecule has 0 aliphatic carbocycles. The summed E-state index contributed by atoms with van der Waals surface area (Å²) in [5.41, 5.74) is -0.276. The molecule has 0 fully saturated rings. The highest BCUT2D eigenvalue weighted by Gasteiger charge is 2.50. The molecule has 0 saturated carbocycles. The highest BCUT2D eigenvalue weighted by Crippen LogP contribution is 2.50. The van der Waals surface area contributed by atoms with Gasteiger partial charge in [0.15, 0.2) is 4.75 Å². The summed E-state index contributed by atoms with van der Waals surface area (Å²) >= 11 is 24.5. The van der Waals surface area contributed by atoms with Gasteiger partial charge in [0.25, 0.3) is 10.1 Å². The fourth-order valence-corrected chi connectivity index (χ4v) is 5.36. The standard InChI is InChI=1S/C19H12Cl4O5S/c20-12-3-1-2-10(6-12)19(29(26,27)28,11-4-5-17(25)15(21)7-11)14-8-13(24)9-16(22)18(14)23/h1-9,24-25H,(H,26,27,28). The Morgan fingerprint density at radius 1 is 0.793 bits per heavy atom. The van der Waals surface area contributed by atoms with Crippen molar-refractivity contribution in [3.05, 3.63) is 91.4 Å². The van der Waals surface area contributed by atoms with E-state index in [1.165, 1.54) is 42.5 Å². The highest BCUT2D eigenvalue weighted by molar-refractivity contribution is 7.87. The van der Waals surface area contributed by atoms with Crippen LogP contribution >= 0.6 is 46.4 Å². The van der Waals surface area contributed by atoms with Crippen LogP contribution in [0.4, 0.5) is 0 Å². The Morgan fingerprint density at radius 2 is 1.45 bits per heavy atom. The van der Waals surface area contributed by atoms with E-state index in [2.05, 4.69) is 0 Å². The molecule has 3 N–H and O–H groups in total. The summed E-state index contributed by atoms with van der Waals surface area (Å²) in [4.78, 5) is 0. The lowest BCUT2D eigenvalue weighted by molar-refractivity contribution is 0.455. The van der Waals surface area contributed by atoms with Crippen LogP contribution in [0.3, 0.4) is 0 Å². The van der Waals surface area contributed by atoms with Crippen LogP contribution in [-0.2, 0) is 14.9 Å². The van der Waals surface area contributed by atoms with Crippen LogP contribution in [0.1, 0.15) is 16.7 Å². The fourth-order valence-electron chi connectivity index (χ4n) is 3.18. The lowest BCUT2D eigenvalue weighted by atomic mass is 9.83. The van der Waals surface area contributed by atoms with E-state index in [4.69, 9.17) is 46.4 Å². The second-order valence-electron chi connectivity index (χ2n) is 6.12. The van der Waals surface area contributed by atoms with E-state index in [0.29, 0.717) is 0 Å². The average Bonchev–Trinajstić information content (AvgIpc) is 2.61. The van der Waals surface area contributed by atoms with Gasteiger partial charge in [0.1, 0.15) is 11.5 Å². The lowest BCUT2D eigenvalue weighted by Crippen LogP contribution is -2.38. The molecule has 0 heterocycles. The van der Waals surface area contributed by atoms with Crippen LogP contribution in [0.2, 0.25) is 20.1 Å². The molecule has 152 valence electrons. The maximum atomic E-state index is 13.0. The Morgan fingerprint density at radius 3 is 2.03 bits per heavy atom. The Kier molecular flexibility index (Phi) is 5.98. The molecule has 0 aromatic heterocycles. The molecule has 0 amide bonds. The second kappa shape index (κ2) is 7.87. The maximum absolute atomic E-state index is 13.0. The molecule has 29 heavy (non-hydrogen) atoms. The maximum Gasteiger partial charge on any atom is 0.283 e. The first-order valence-corrected chi connectivity index (χ1v) is 10.8. The summed E-state index contributed by atoms with van der Waals surface area (Å²) < 4.78 is 34.0. The predicted molar refractivity (Wildman–Crippen MR) is 114 cm³/mol. The molecule has 5 nitrogen and oxygen atoms in total. The number of halogens is 4. The van der Waals surface area contributed by atoms with Gasteiger partial charge < -0.3 is 10.2 Å². The van der Waals surface area contributed by atoms with Gasteiger partial charge in [-0.2, -0.15) is 8.42 Å². The van der Waals surface area contributed by atoms with E-state index in [1.807, 2.05) is 0 Å². The molecule has 1 unspecified atom stereocenters. The largest absolute Gasteiger partial charge is 0.508 e. The second-order valence-corrected chi connectivity index (χ2v) is 9.31. The number of phenolic OH excluding ortho intramolecular Hbond substituents is 2. The SMILES string of the molecule is O=S(=O)(O)C(c1cccc(Cl)c1)(c1ccc(O)c(Cl)c1)c1cc(O)cc(Cl)c1Cl. The minimum Gasteiger partial charge on any atom is -0.508 e. The number of benzene rings is 3. The van der Waals surface area contributed by atoms with Gasteiger partial charge in [-0.05, 0) is 41.5 Å². The molecule has 3 aromatic rings. The molecule has 0 radical (unpaired) electrons. The Hall–Kier alpha value is -1.67. The number of phenols is 2. The third-order valence-corrected chi connectivity index (χ3v) is 7.17. The van der Waals surface area contributed by atoms with Crippen molar-refractivity contribution >= 4 is 56.5 Å². The number of aromatic hydroxyl groups is 2. The van der Waals surface area contributed by atoms with Gasteiger partial charge in [-0.25, -0.2) is 0 Å². The van der Waals surface area contributed by atoms with Gasteiger partial charge in [0.2, 0.25) is 0 Å². The Bertz CT molecular complexity index is 1210. The molecule has 1 atom stereocenters. The van der Waals surface area contributed by atoms with Gasteiger partial charge in [-0.3, -0.25) is 4.55 Å². The van der Waals surface area contributed by atoms with Crippen molar-refractivity contribution in [3.8, 4) is 11.5 Å². The fraction of sp³-hybridized carbons (Fsp3) is 0.0526. The average molecular weight is 494 g/mol. The molecule has 3 aromatic carbocycles. The first-order valence-electron chi connectivity index (χ1n) is 7.89. The highest BCUT2D eigenvalue weighted by atomic mass is 35.5. The van der Waals surface area contributed by atoms with Gasteiger partial charge in [-0.15, -0.1) is 0 Å². The van der Waals surface area contributed by atoms with Crippen LogP contribution in [0.25, 0.3) is 0 Å². The van der Waals surface area contributed by atoms with Crippen molar-refractivity contribution in [1.82, 2.24) is 0 Å². The van der Waals surface area contributed by atoms with Crippen molar-refractivity contribution in [2.45, 2.75) is 4.75 Å². The smallest absolute Gasteiger partial charge is 0.283 e. The number of hydrogen-bond donors (Lipinski definition) is 3. The minimum absolute atomic E-state index is 0.0119. The van der Waals surface area contributed by atoms with E-state index in [1.54, 1.807) is 0 Å². The number of rotatable bonds is 4. The third kappa shape index (κ3) is 3.77. The predicted octanol–water partition coefficient (Wildman–Crippen LogP) is 5.89. The van der Waals surface area contributed by atoms with E-state index >= 15 is 0 Å². The third-order valence-electron chi connectivity index (χ3n) is 4.36. The van der Waals surface area contributed by atoms with Gasteiger partial charge in [0, 0.05) is 16.7 Å². The zero-order valence-corrected chi connectivity index (χ0v) is 18.1. The van der Waals surface area contributed by atoms with E-state index in [9.17, 15) is 23.2 Å². The molecular formula is C19H12Cl4O5S. The lowest BCUT2D eigenvalue weighted by Gasteiger charge is -2.33. The summed E-state index contributed by atoms with van der Waals surface area (Å²) in [6.45, 7) is 0. The molecule has 0 bridgehead atoms. The van der Waals surface area contributed by atoms with Crippen LogP contribution < -0.4 is 0 Å². The molecule has 0 aliphatic rings. The van der Waals surface area contributed by atoms with E-state index < -0.39 is 14.9 Å².